The van der Waals surface area contributed by atoms with Crippen molar-refractivity contribution in [3.8, 4) is 0 Å². The molecular weight excluding hydrogens is 587 g/mol. The third-order valence-electron chi connectivity index (χ3n) is 4.65. The molecule has 0 heterocycles. The first-order valence-electron chi connectivity index (χ1n) is 9.86. The van der Waals surface area contributed by atoms with Crippen LogP contribution in [-0.2, 0) is 8.85 Å². The van der Waals surface area contributed by atoms with Crippen molar-refractivity contribution < 1.29 is 83.5 Å². The lowest BCUT2D eigenvalue weighted by Gasteiger charge is -2.45. The van der Waals surface area contributed by atoms with E-state index in [2.05, 4.69) is 8.85 Å². The molecule has 0 aliphatic carbocycles. The second-order valence-electron chi connectivity index (χ2n) is 8.54. The molecule has 37 heavy (non-hydrogen) atoms. The van der Waals surface area contributed by atoms with Gasteiger partial charge >= 0.3 is 55.8 Å². The minimum Gasteiger partial charge on any atom is -0.388 e. The molecule has 0 aromatic carbocycles. The van der Waals surface area contributed by atoms with Crippen LogP contribution in [0.15, 0.2) is 0 Å². The van der Waals surface area contributed by atoms with E-state index >= 15 is 0 Å². The zero-order valence-electron chi connectivity index (χ0n) is 19.3. The number of hydrogen-bond donors (Lipinski definition) is 0. The summed E-state index contributed by atoms with van der Waals surface area (Å²) in [5.74, 6) is -47.4. The molecule has 0 N–H and O–H groups in total. The van der Waals surface area contributed by atoms with Crippen molar-refractivity contribution in [2.24, 2.45) is 0 Å². The van der Waals surface area contributed by atoms with E-state index in [1.165, 1.54) is 0 Å². The molecule has 0 aliphatic rings. The lowest BCUT2D eigenvalue weighted by atomic mass is 9.90. The largest absolute Gasteiger partial charge is 0.419 e. The second-order valence-corrected chi connectivity index (χ2v) is 11.5. The maximum absolute atomic E-state index is 14.7. The van der Waals surface area contributed by atoms with Crippen molar-refractivity contribution in [2.75, 3.05) is 0 Å². The van der Waals surface area contributed by atoms with E-state index in [4.69, 9.17) is 0 Å². The summed E-state index contributed by atoms with van der Waals surface area (Å²) < 4.78 is 241. The molecule has 0 saturated heterocycles. The SMILES string of the molecule is CC(C)O[Si](C)(OC(C)C)C(F)(F)C(F)(F)C(F)(F)C(F)(F)C(F)(F)C(F)(F)C(F)(F)CCC(F)(F)F. The van der Waals surface area contributed by atoms with Crippen LogP contribution >= 0.6 is 0 Å². The molecule has 0 aromatic heterocycles. The van der Waals surface area contributed by atoms with Crippen molar-refractivity contribution in [2.45, 2.75) is 107 Å². The van der Waals surface area contributed by atoms with Gasteiger partial charge in [-0.25, -0.2) is 0 Å². The Kier molecular flexibility index (Phi) is 9.87. The molecule has 0 spiro atoms. The molecule has 0 atom stereocenters. The van der Waals surface area contributed by atoms with Gasteiger partial charge in [-0.05, 0) is 34.2 Å². The van der Waals surface area contributed by atoms with Gasteiger partial charge in [0.2, 0.25) is 0 Å². The summed E-state index contributed by atoms with van der Waals surface area (Å²) in [6.07, 6.45) is -15.3. The summed E-state index contributed by atoms with van der Waals surface area (Å²) in [4.78, 5) is 0. The minimum atomic E-state index is -8.40. The molecule has 0 fully saturated rings. The van der Waals surface area contributed by atoms with Crippen LogP contribution in [0.4, 0.5) is 74.6 Å². The van der Waals surface area contributed by atoms with Crippen molar-refractivity contribution in [3.05, 3.63) is 0 Å². The Morgan fingerprint density at radius 1 is 0.486 bits per heavy atom. The van der Waals surface area contributed by atoms with Gasteiger partial charge in [0.05, 0.1) is 0 Å². The first kappa shape index (κ1) is 35.9. The van der Waals surface area contributed by atoms with Gasteiger partial charge in [0.15, 0.2) is 0 Å². The van der Waals surface area contributed by atoms with Crippen LogP contribution in [0.25, 0.3) is 0 Å². The average Bonchev–Trinajstić information content (AvgIpc) is 2.63. The van der Waals surface area contributed by atoms with E-state index in [-0.39, 0.29) is 6.55 Å². The van der Waals surface area contributed by atoms with Crippen LogP contribution in [-0.4, -0.2) is 68.0 Å². The molecule has 224 valence electrons. The van der Waals surface area contributed by atoms with Gasteiger partial charge in [-0.3, -0.25) is 0 Å². The quantitative estimate of drug-likeness (QED) is 0.155. The van der Waals surface area contributed by atoms with Crippen LogP contribution < -0.4 is 0 Å². The van der Waals surface area contributed by atoms with Crippen molar-refractivity contribution in [3.63, 3.8) is 0 Å². The number of hydrogen-bond acceptors (Lipinski definition) is 2. The van der Waals surface area contributed by atoms with E-state index in [1.807, 2.05) is 0 Å². The van der Waals surface area contributed by atoms with Crippen molar-refractivity contribution in [1.82, 2.24) is 0 Å². The minimum absolute atomic E-state index is 0.0623. The number of halogens is 17. The standard InChI is InChI=1S/C17H21F17O2Si/c1-8(2)35-37(5,36-9(3)4)17(33,34)16(31,32)15(29,30)14(27,28)13(25,26)12(23,24)10(18,19)6-7-11(20,21)22/h8-9H,6-7H2,1-5H3. The summed E-state index contributed by atoms with van der Waals surface area (Å²) in [6.45, 7) is 3.36. The van der Waals surface area contributed by atoms with E-state index in [1.54, 1.807) is 0 Å². The highest BCUT2D eigenvalue weighted by Gasteiger charge is 2.94. The highest BCUT2D eigenvalue weighted by molar-refractivity contribution is 6.69. The zero-order valence-corrected chi connectivity index (χ0v) is 20.3. The van der Waals surface area contributed by atoms with Gasteiger partial charge in [0.1, 0.15) is 0 Å². The highest BCUT2D eigenvalue weighted by atomic mass is 28.4. The molecule has 0 aromatic rings. The van der Waals surface area contributed by atoms with Crippen molar-refractivity contribution in [1.29, 1.82) is 0 Å². The maximum Gasteiger partial charge on any atom is 0.419 e. The normalized spacial score (nSPS) is 16.2. The molecule has 0 bridgehead atoms. The smallest absolute Gasteiger partial charge is 0.388 e. The molecule has 0 rings (SSSR count). The molecule has 2 nitrogen and oxygen atoms in total. The number of alkyl halides is 17. The zero-order chi connectivity index (χ0) is 30.5. The van der Waals surface area contributed by atoms with Crippen LogP contribution in [0.2, 0.25) is 6.55 Å². The monoisotopic (exact) mass is 608 g/mol. The lowest BCUT2D eigenvalue weighted by Crippen LogP contribution is -2.77. The maximum atomic E-state index is 14.7. The third-order valence-corrected chi connectivity index (χ3v) is 7.94. The Morgan fingerprint density at radius 3 is 1.08 bits per heavy atom. The fourth-order valence-corrected chi connectivity index (χ4v) is 5.71. The summed E-state index contributed by atoms with van der Waals surface area (Å²) in [5.41, 5.74) is -6.62. The molecule has 0 radical (unpaired) electrons. The second kappa shape index (κ2) is 10.2. The van der Waals surface area contributed by atoms with Crippen LogP contribution in [0.5, 0.6) is 0 Å². The Labute approximate surface area is 199 Å². The van der Waals surface area contributed by atoms with Crippen LogP contribution in [0, 0.1) is 0 Å². The molecule has 0 saturated carbocycles. The first-order chi connectivity index (χ1) is 15.8. The summed E-state index contributed by atoms with van der Waals surface area (Å²) in [5, 5.41) is 0. The Morgan fingerprint density at radius 2 is 0.784 bits per heavy atom. The highest BCUT2D eigenvalue weighted by Crippen LogP contribution is 2.63. The summed E-state index contributed by atoms with van der Waals surface area (Å²) in [6, 6.07) is 0. The van der Waals surface area contributed by atoms with Gasteiger partial charge in [-0.15, -0.1) is 0 Å². The van der Waals surface area contributed by atoms with Gasteiger partial charge in [-0.2, -0.15) is 74.6 Å². The average molecular weight is 608 g/mol. The molecule has 20 heteroatoms. The van der Waals surface area contributed by atoms with Gasteiger partial charge < -0.3 is 8.85 Å². The van der Waals surface area contributed by atoms with E-state index in [9.17, 15) is 74.6 Å². The topological polar surface area (TPSA) is 18.5 Å². The Bertz CT molecular complexity index is 766. The Hall–Kier alpha value is -1.05. The predicted octanol–water partition coefficient (Wildman–Crippen LogP) is 8.24. The fourth-order valence-electron chi connectivity index (χ4n) is 2.83. The fraction of sp³-hybridized carbons (Fsp3) is 1.00. The van der Waals surface area contributed by atoms with E-state index < -0.39 is 80.9 Å². The third kappa shape index (κ3) is 6.09. The van der Waals surface area contributed by atoms with Crippen LogP contribution in [0.3, 0.4) is 0 Å². The first-order valence-corrected chi connectivity index (χ1v) is 12.2. The van der Waals surface area contributed by atoms with Crippen molar-refractivity contribution >= 4 is 8.56 Å². The van der Waals surface area contributed by atoms with E-state index in [0.29, 0.717) is 0 Å². The molecular formula is C17H21F17O2Si. The summed E-state index contributed by atoms with van der Waals surface area (Å²) in [7, 11) is -6.20. The molecule has 0 unspecified atom stereocenters. The van der Waals surface area contributed by atoms with Crippen LogP contribution in [0.1, 0.15) is 40.5 Å². The van der Waals surface area contributed by atoms with Gasteiger partial charge in [0.25, 0.3) is 0 Å². The predicted molar refractivity (Wildman–Crippen MR) is 94.0 cm³/mol. The number of rotatable bonds is 13. The Balaban J connectivity index is 6.87. The molecule has 0 aliphatic heterocycles. The lowest BCUT2D eigenvalue weighted by molar-refractivity contribution is -0.438. The molecule has 0 amide bonds. The summed E-state index contributed by atoms with van der Waals surface area (Å²) >= 11 is 0. The van der Waals surface area contributed by atoms with Gasteiger partial charge in [-0.1, -0.05) is 0 Å². The van der Waals surface area contributed by atoms with Gasteiger partial charge in [0, 0.05) is 25.0 Å². The van der Waals surface area contributed by atoms with E-state index in [0.717, 1.165) is 27.7 Å².